The van der Waals surface area contributed by atoms with E-state index in [9.17, 15) is 0 Å². The molecule has 0 aromatic carbocycles. The number of allylic oxidation sites excluding steroid dienone is 2. The molecule has 1 N–H and O–H groups in total. The van der Waals surface area contributed by atoms with Gasteiger partial charge in [-0.05, 0) is 71.0 Å². The number of likely N-dealkylation sites (tertiary alicyclic amines) is 1. The molecule has 2 aliphatic rings. The third-order valence-corrected chi connectivity index (χ3v) is 4.52. The molecule has 1 aliphatic heterocycles. The van der Waals surface area contributed by atoms with Gasteiger partial charge < -0.3 is 5.32 Å². The molecule has 3 atom stereocenters. The molecule has 104 valence electrons. The van der Waals surface area contributed by atoms with Crippen molar-refractivity contribution in [1.82, 2.24) is 10.2 Å². The molecule has 18 heavy (non-hydrogen) atoms. The predicted octanol–water partition coefficient (Wildman–Crippen LogP) is 3.05. The minimum absolute atomic E-state index is 0.713. The van der Waals surface area contributed by atoms with Crippen molar-refractivity contribution in [2.24, 2.45) is 11.8 Å². The molecule has 0 bridgehead atoms. The van der Waals surface area contributed by atoms with Crippen molar-refractivity contribution < 1.29 is 0 Å². The molecular weight excluding hydrogens is 220 g/mol. The van der Waals surface area contributed by atoms with E-state index in [2.05, 4.69) is 37.1 Å². The average Bonchev–Trinajstić information content (AvgIpc) is 2.80. The van der Waals surface area contributed by atoms with Crippen LogP contribution in [0, 0.1) is 11.8 Å². The maximum atomic E-state index is 3.70. The van der Waals surface area contributed by atoms with Crippen molar-refractivity contribution in [1.29, 1.82) is 0 Å². The monoisotopic (exact) mass is 250 g/mol. The van der Waals surface area contributed by atoms with Crippen molar-refractivity contribution >= 4 is 0 Å². The van der Waals surface area contributed by atoms with Gasteiger partial charge in [0.1, 0.15) is 0 Å². The standard InChI is InChI=1S/C16H30N2/c1-13-8-14(2)10-16(9-13)12-17-11-15(3)18-6-4-5-7-18/h8,13,15-17H,4-7,9-12H2,1-3H3. The van der Waals surface area contributed by atoms with Gasteiger partial charge in [-0.1, -0.05) is 18.6 Å². The van der Waals surface area contributed by atoms with Gasteiger partial charge in [-0.15, -0.1) is 0 Å². The van der Waals surface area contributed by atoms with Gasteiger partial charge in [-0.25, -0.2) is 0 Å². The molecule has 0 spiro atoms. The quantitative estimate of drug-likeness (QED) is 0.755. The van der Waals surface area contributed by atoms with Crippen LogP contribution in [0.25, 0.3) is 0 Å². The van der Waals surface area contributed by atoms with E-state index in [0.717, 1.165) is 18.4 Å². The smallest absolute Gasteiger partial charge is 0.0192 e. The number of hydrogen-bond acceptors (Lipinski definition) is 2. The highest BCUT2D eigenvalue weighted by Gasteiger charge is 2.20. The first-order chi connectivity index (χ1) is 8.65. The fraction of sp³-hybridized carbons (Fsp3) is 0.875. The van der Waals surface area contributed by atoms with Crippen LogP contribution in [0.1, 0.15) is 46.5 Å². The van der Waals surface area contributed by atoms with Crippen LogP contribution >= 0.6 is 0 Å². The molecule has 2 heteroatoms. The Morgan fingerprint density at radius 2 is 2.11 bits per heavy atom. The highest BCUT2D eigenvalue weighted by atomic mass is 15.2. The third kappa shape index (κ3) is 4.10. The summed E-state index contributed by atoms with van der Waals surface area (Å²) in [5.41, 5.74) is 1.59. The Hall–Kier alpha value is -0.340. The molecule has 1 heterocycles. The lowest BCUT2D eigenvalue weighted by molar-refractivity contribution is 0.246. The molecule has 1 aliphatic carbocycles. The van der Waals surface area contributed by atoms with E-state index in [1.165, 1.54) is 45.3 Å². The van der Waals surface area contributed by atoms with E-state index in [0.29, 0.717) is 6.04 Å². The molecular formula is C16H30N2. The second-order valence-corrected chi connectivity index (χ2v) is 6.55. The van der Waals surface area contributed by atoms with Gasteiger partial charge >= 0.3 is 0 Å². The lowest BCUT2D eigenvalue weighted by Gasteiger charge is -2.28. The molecule has 0 saturated carbocycles. The summed E-state index contributed by atoms with van der Waals surface area (Å²) < 4.78 is 0. The Kier molecular flexibility index (Phi) is 5.25. The van der Waals surface area contributed by atoms with Crippen molar-refractivity contribution in [3.63, 3.8) is 0 Å². The summed E-state index contributed by atoms with van der Waals surface area (Å²) in [5, 5.41) is 3.70. The predicted molar refractivity (Wildman–Crippen MR) is 78.8 cm³/mol. The minimum atomic E-state index is 0.713. The zero-order valence-corrected chi connectivity index (χ0v) is 12.4. The Morgan fingerprint density at radius 1 is 1.39 bits per heavy atom. The summed E-state index contributed by atoms with van der Waals surface area (Å²) >= 11 is 0. The zero-order chi connectivity index (χ0) is 13.0. The Bertz CT molecular complexity index is 279. The van der Waals surface area contributed by atoms with Gasteiger partial charge in [0.25, 0.3) is 0 Å². The molecule has 3 unspecified atom stereocenters. The van der Waals surface area contributed by atoms with E-state index in [4.69, 9.17) is 0 Å². The summed E-state index contributed by atoms with van der Waals surface area (Å²) in [6, 6.07) is 0.713. The molecule has 2 nitrogen and oxygen atoms in total. The first-order valence-electron chi connectivity index (χ1n) is 7.77. The van der Waals surface area contributed by atoms with Gasteiger partial charge in [-0.2, -0.15) is 0 Å². The van der Waals surface area contributed by atoms with Crippen LogP contribution in [0.15, 0.2) is 11.6 Å². The third-order valence-electron chi connectivity index (χ3n) is 4.52. The van der Waals surface area contributed by atoms with Gasteiger partial charge in [-0.3, -0.25) is 4.90 Å². The Labute approximate surface area is 113 Å². The molecule has 0 amide bonds. The maximum Gasteiger partial charge on any atom is 0.0192 e. The first-order valence-corrected chi connectivity index (χ1v) is 7.77. The largest absolute Gasteiger partial charge is 0.315 e. The zero-order valence-electron chi connectivity index (χ0n) is 12.4. The summed E-state index contributed by atoms with van der Waals surface area (Å²) in [5.74, 6) is 1.64. The van der Waals surface area contributed by atoms with E-state index in [1.54, 1.807) is 5.57 Å². The van der Waals surface area contributed by atoms with Crippen molar-refractivity contribution in [3.8, 4) is 0 Å². The second-order valence-electron chi connectivity index (χ2n) is 6.55. The van der Waals surface area contributed by atoms with Crippen LogP contribution in [0.5, 0.6) is 0 Å². The van der Waals surface area contributed by atoms with Crippen LogP contribution in [-0.4, -0.2) is 37.1 Å². The summed E-state index contributed by atoms with van der Waals surface area (Å²) in [6.07, 6.45) is 7.91. The SMILES string of the molecule is CC1=CC(C)CC(CNCC(C)N2CCCC2)C1. The molecule has 1 saturated heterocycles. The Morgan fingerprint density at radius 3 is 2.78 bits per heavy atom. The van der Waals surface area contributed by atoms with E-state index >= 15 is 0 Å². The summed E-state index contributed by atoms with van der Waals surface area (Å²) in [4.78, 5) is 2.63. The fourth-order valence-electron chi connectivity index (χ4n) is 3.65. The van der Waals surface area contributed by atoms with E-state index in [1.807, 2.05) is 0 Å². The lowest BCUT2D eigenvalue weighted by Crippen LogP contribution is -2.40. The van der Waals surface area contributed by atoms with E-state index < -0.39 is 0 Å². The topological polar surface area (TPSA) is 15.3 Å². The van der Waals surface area contributed by atoms with E-state index in [-0.39, 0.29) is 0 Å². The molecule has 0 aromatic heterocycles. The van der Waals surface area contributed by atoms with Gasteiger partial charge in [0, 0.05) is 12.6 Å². The number of hydrogen-bond donors (Lipinski definition) is 1. The van der Waals surface area contributed by atoms with Crippen LogP contribution in [0.4, 0.5) is 0 Å². The lowest BCUT2D eigenvalue weighted by atomic mass is 9.84. The van der Waals surface area contributed by atoms with Gasteiger partial charge in [0.15, 0.2) is 0 Å². The number of nitrogens with one attached hydrogen (secondary N) is 1. The fourth-order valence-corrected chi connectivity index (χ4v) is 3.65. The summed E-state index contributed by atoms with van der Waals surface area (Å²) in [6.45, 7) is 12.0. The highest BCUT2D eigenvalue weighted by molar-refractivity contribution is 5.06. The van der Waals surface area contributed by atoms with Crippen LogP contribution in [-0.2, 0) is 0 Å². The highest BCUT2D eigenvalue weighted by Crippen LogP contribution is 2.27. The second kappa shape index (κ2) is 6.72. The summed E-state index contributed by atoms with van der Waals surface area (Å²) in [7, 11) is 0. The van der Waals surface area contributed by atoms with Gasteiger partial charge in [0.2, 0.25) is 0 Å². The normalized spacial score (nSPS) is 31.4. The maximum absolute atomic E-state index is 3.70. The first kappa shape index (κ1) is 14.1. The van der Waals surface area contributed by atoms with Crippen molar-refractivity contribution in [2.45, 2.75) is 52.5 Å². The van der Waals surface area contributed by atoms with Gasteiger partial charge in [0.05, 0.1) is 0 Å². The number of nitrogens with zero attached hydrogens (tertiary/aromatic N) is 1. The van der Waals surface area contributed by atoms with Crippen molar-refractivity contribution in [2.75, 3.05) is 26.2 Å². The number of rotatable bonds is 5. The average molecular weight is 250 g/mol. The molecule has 0 aromatic rings. The Balaban J connectivity index is 1.64. The molecule has 1 fully saturated rings. The van der Waals surface area contributed by atoms with Crippen LogP contribution < -0.4 is 5.32 Å². The molecule has 2 rings (SSSR count). The van der Waals surface area contributed by atoms with Crippen molar-refractivity contribution in [3.05, 3.63) is 11.6 Å². The van der Waals surface area contributed by atoms with Crippen LogP contribution in [0.3, 0.4) is 0 Å². The van der Waals surface area contributed by atoms with Crippen LogP contribution in [0.2, 0.25) is 0 Å². The minimum Gasteiger partial charge on any atom is -0.315 e. The molecule has 0 radical (unpaired) electrons.